The summed E-state index contributed by atoms with van der Waals surface area (Å²) in [7, 11) is 0. The Labute approximate surface area is 169 Å². The Hall–Kier alpha value is -1.32. The van der Waals surface area contributed by atoms with Crippen molar-refractivity contribution < 1.29 is 9.59 Å². The highest BCUT2D eigenvalue weighted by Gasteiger charge is 2.60. The summed E-state index contributed by atoms with van der Waals surface area (Å²) in [4.78, 5) is 27.6. The van der Waals surface area contributed by atoms with E-state index in [9.17, 15) is 9.59 Å². The molecule has 3 unspecified atom stereocenters. The maximum Gasteiger partial charge on any atom is 0.226 e. The van der Waals surface area contributed by atoms with Crippen molar-refractivity contribution in [2.24, 2.45) is 34.5 Å². The number of allylic oxidation sites excluding steroid dienone is 2. The number of nitrogens with one attached hydrogen (secondary N) is 1. The number of ketones is 1. The summed E-state index contributed by atoms with van der Waals surface area (Å²) < 4.78 is 0. The molecule has 1 N–H and O–H groups in total. The minimum Gasteiger partial charge on any atom is -0.387 e. The molecule has 4 fully saturated rings. The maximum absolute atomic E-state index is 13.4. The summed E-state index contributed by atoms with van der Waals surface area (Å²) >= 11 is 0. The van der Waals surface area contributed by atoms with Gasteiger partial charge in [-0.05, 0) is 74.5 Å². The van der Waals surface area contributed by atoms with E-state index >= 15 is 0 Å². The van der Waals surface area contributed by atoms with Gasteiger partial charge in [0.1, 0.15) is 0 Å². The van der Waals surface area contributed by atoms with Crippen LogP contribution in [0.1, 0.15) is 71.6 Å². The third-order valence-electron chi connectivity index (χ3n) is 9.56. The first-order valence-corrected chi connectivity index (χ1v) is 11.7. The molecule has 5 rings (SSSR count). The minimum atomic E-state index is 0.132. The summed E-state index contributed by atoms with van der Waals surface area (Å²) in [5.41, 5.74) is 1.50. The lowest BCUT2D eigenvalue weighted by molar-refractivity contribution is -0.143. The Morgan fingerprint density at radius 2 is 1.86 bits per heavy atom. The van der Waals surface area contributed by atoms with Crippen LogP contribution in [0.15, 0.2) is 11.8 Å². The summed E-state index contributed by atoms with van der Waals surface area (Å²) in [6.45, 7) is 7.77. The molecule has 0 aromatic rings. The van der Waals surface area contributed by atoms with Crippen molar-refractivity contribution >= 4 is 11.7 Å². The van der Waals surface area contributed by atoms with E-state index in [0.717, 1.165) is 32.5 Å². The lowest BCUT2D eigenvalue weighted by atomic mass is 9.50. The molecule has 1 amide bonds. The van der Waals surface area contributed by atoms with Crippen LogP contribution in [0.4, 0.5) is 0 Å². The van der Waals surface area contributed by atoms with Gasteiger partial charge in [-0.25, -0.2) is 0 Å². The van der Waals surface area contributed by atoms with E-state index < -0.39 is 0 Å². The van der Waals surface area contributed by atoms with Gasteiger partial charge in [-0.3, -0.25) is 9.59 Å². The molecule has 154 valence electrons. The van der Waals surface area contributed by atoms with Gasteiger partial charge in [-0.15, -0.1) is 0 Å². The monoisotopic (exact) mass is 384 g/mol. The fourth-order valence-corrected chi connectivity index (χ4v) is 7.89. The fraction of sp³-hybridized carbons (Fsp3) is 0.833. The molecule has 2 aliphatic heterocycles. The Balaban J connectivity index is 1.39. The number of amides is 1. The van der Waals surface area contributed by atoms with Crippen LogP contribution in [-0.2, 0) is 9.59 Å². The number of carbonyl (C=O) groups is 2. The minimum absolute atomic E-state index is 0.132. The molecule has 3 aliphatic carbocycles. The van der Waals surface area contributed by atoms with Crippen molar-refractivity contribution in [1.29, 1.82) is 0 Å². The molecule has 4 heteroatoms. The topological polar surface area (TPSA) is 49.4 Å². The first-order chi connectivity index (χ1) is 13.4. The highest BCUT2D eigenvalue weighted by Crippen LogP contribution is 2.64. The highest BCUT2D eigenvalue weighted by atomic mass is 16.2. The Bertz CT molecular complexity index is 709. The molecular formula is C24H36N2O2. The van der Waals surface area contributed by atoms with Crippen LogP contribution in [0.3, 0.4) is 0 Å². The molecule has 6 atom stereocenters. The number of rotatable bonds is 1. The molecule has 2 saturated carbocycles. The number of carbonyl (C=O) groups excluding carboxylic acids is 2. The van der Waals surface area contributed by atoms with E-state index in [-0.39, 0.29) is 22.5 Å². The largest absolute Gasteiger partial charge is 0.387 e. The maximum atomic E-state index is 13.4. The molecule has 0 radical (unpaired) electrons. The Morgan fingerprint density at radius 3 is 2.64 bits per heavy atom. The van der Waals surface area contributed by atoms with Gasteiger partial charge in [-0.2, -0.15) is 0 Å². The molecule has 0 spiro atoms. The molecule has 0 aromatic carbocycles. The summed E-state index contributed by atoms with van der Waals surface area (Å²) in [6, 6.07) is 0. The predicted octanol–water partition coefficient (Wildman–Crippen LogP) is 3.91. The van der Waals surface area contributed by atoms with Crippen LogP contribution in [0.5, 0.6) is 0 Å². The lowest BCUT2D eigenvalue weighted by Gasteiger charge is -2.58. The SMILES string of the molecule is C[C@]12CCC(=O)C=C1NCC1C2CC[C@@]2(C)C1CC[C@@H]2C(=O)N1CCCCC1. The van der Waals surface area contributed by atoms with E-state index in [2.05, 4.69) is 24.1 Å². The predicted molar refractivity (Wildman–Crippen MR) is 109 cm³/mol. The number of piperidine rings is 2. The van der Waals surface area contributed by atoms with Crippen molar-refractivity contribution in [1.82, 2.24) is 10.2 Å². The molecule has 0 aromatic heterocycles. The van der Waals surface area contributed by atoms with Gasteiger partial charge in [-0.1, -0.05) is 13.8 Å². The number of nitrogens with zero attached hydrogens (tertiary/aromatic N) is 1. The molecule has 0 bridgehead atoms. The second-order valence-corrected chi connectivity index (χ2v) is 10.8. The number of hydrogen-bond donors (Lipinski definition) is 1. The van der Waals surface area contributed by atoms with Gasteiger partial charge in [0, 0.05) is 49.2 Å². The van der Waals surface area contributed by atoms with E-state index in [0.29, 0.717) is 30.1 Å². The van der Waals surface area contributed by atoms with E-state index in [1.54, 1.807) is 0 Å². The third kappa shape index (κ3) is 2.62. The highest BCUT2D eigenvalue weighted by molar-refractivity contribution is 5.91. The van der Waals surface area contributed by atoms with Gasteiger partial charge < -0.3 is 10.2 Å². The van der Waals surface area contributed by atoms with Gasteiger partial charge >= 0.3 is 0 Å². The van der Waals surface area contributed by atoms with Crippen LogP contribution < -0.4 is 5.32 Å². The molecule has 2 heterocycles. The van der Waals surface area contributed by atoms with Crippen molar-refractivity contribution in [3.63, 3.8) is 0 Å². The molecule has 5 aliphatic rings. The van der Waals surface area contributed by atoms with Crippen molar-refractivity contribution in [3.05, 3.63) is 11.8 Å². The number of likely N-dealkylation sites (tertiary alicyclic amines) is 1. The van der Waals surface area contributed by atoms with Crippen LogP contribution in [0.25, 0.3) is 0 Å². The van der Waals surface area contributed by atoms with Crippen LogP contribution >= 0.6 is 0 Å². The van der Waals surface area contributed by atoms with Gasteiger partial charge in [0.2, 0.25) is 5.91 Å². The van der Waals surface area contributed by atoms with E-state index in [1.165, 1.54) is 44.2 Å². The van der Waals surface area contributed by atoms with Crippen LogP contribution in [0.2, 0.25) is 0 Å². The average Bonchev–Trinajstić information content (AvgIpc) is 3.06. The summed E-state index contributed by atoms with van der Waals surface area (Å²) in [5.74, 6) is 2.93. The first kappa shape index (κ1) is 18.7. The number of fused-ring (bicyclic) bond motifs is 5. The Kier molecular flexibility index (Phi) is 4.41. The first-order valence-electron chi connectivity index (χ1n) is 11.7. The van der Waals surface area contributed by atoms with Gasteiger partial charge in [0.05, 0.1) is 0 Å². The Morgan fingerprint density at radius 1 is 1.07 bits per heavy atom. The molecular weight excluding hydrogens is 348 g/mol. The van der Waals surface area contributed by atoms with Crippen LogP contribution in [-0.4, -0.2) is 36.2 Å². The standard InChI is InChI=1S/C24H36N2O2/c1-23-11-9-19-17(15-25-21-14-16(27)8-10-24(19,21)2)18(23)6-7-20(23)22(28)26-12-4-3-5-13-26/h14,17-20,25H,3-13,15H2,1-2H3/t17?,18?,19?,20-,23+,24-/m1/s1. The van der Waals surface area contributed by atoms with Crippen molar-refractivity contribution in [2.75, 3.05) is 19.6 Å². The quantitative estimate of drug-likeness (QED) is 0.746. The summed E-state index contributed by atoms with van der Waals surface area (Å²) in [6.07, 6.45) is 11.9. The second kappa shape index (κ2) is 6.60. The summed E-state index contributed by atoms with van der Waals surface area (Å²) in [5, 5.41) is 3.67. The zero-order chi connectivity index (χ0) is 19.5. The van der Waals surface area contributed by atoms with Gasteiger partial charge in [0.25, 0.3) is 0 Å². The molecule has 4 nitrogen and oxygen atoms in total. The van der Waals surface area contributed by atoms with Crippen molar-refractivity contribution in [3.8, 4) is 0 Å². The number of hydrogen-bond acceptors (Lipinski definition) is 3. The van der Waals surface area contributed by atoms with Gasteiger partial charge in [0.15, 0.2) is 5.78 Å². The van der Waals surface area contributed by atoms with Crippen molar-refractivity contribution in [2.45, 2.75) is 71.6 Å². The molecule has 28 heavy (non-hydrogen) atoms. The average molecular weight is 385 g/mol. The zero-order valence-electron chi connectivity index (χ0n) is 17.6. The molecule has 2 saturated heterocycles. The smallest absolute Gasteiger partial charge is 0.226 e. The zero-order valence-corrected chi connectivity index (χ0v) is 17.6. The fourth-order valence-electron chi connectivity index (χ4n) is 7.89. The lowest BCUT2D eigenvalue weighted by Crippen LogP contribution is -2.57. The van der Waals surface area contributed by atoms with Crippen LogP contribution in [0, 0.1) is 34.5 Å². The second-order valence-electron chi connectivity index (χ2n) is 10.8. The normalized spacial score (nSPS) is 45.4. The third-order valence-corrected chi connectivity index (χ3v) is 9.56. The van der Waals surface area contributed by atoms with E-state index in [1.807, 2.05) is 6.08 Å². The van der Waals surface area contributed by atoms with E-state index in [4.69, 9.17) is 0 Å².